The van der Waals surface area contributed by atoms with Crippen LogP contribution in [0.3, 0.4) is 0 Å². The van der Waals surface area contributed by atoms with Gasteiger partial charge in [0.1, 0.15) is 6.04 Å². The van der Waals surface area contributed by atoms with E-state index in [0.717, 1.165) is 12.1 Å². The van der Waals surface area contributed by atoms with E-state index in [-0.39, 0.29) is 18.6 Å². The molecule has 0 saturated heterocycles. The van der Waals surface area contributed by atoms with Gasteiger partial charge in [0.2, 0.25) is 5.91 Å². The molecule has 0 radical (unpaired) electrons. The van der Waals surface area contributed by atoms with Crippen LogP contribution in [0.25, 0.3) is 0 Å². The van der Waals surface area contributed by atoms with E-state index in [2.05, 4.69) is 5.32 Å². The molecule has 0 aromatic heterocycles. The lowest BCUT2D eigenvalue weighted by molar-refractivity contribution is -0.144. The van der Waals surface area contributed by atoms with Crippen LogP contribution in [0.15, 0.2) is 24.3 Å². The molecule has 0 bridgehead atoms. The van der Waals surface area contributed by atoms with Crippen LogP contribution in [0.2, 0.25) is 0 Å². The molecule has 1 rings (SSSR count). The number of carbonyl (C=O) groups is 3. The first-order chi connectivity index (χ1) is 11.6. The van der Waals surface area contributed by atoms with E-state index < -0.39 is 41.5 Å². The van der Waals surface area contributed by atoms with Gasteiger partial charge >= 0.3 is 12.1 Å². The van der Waals surface area contributed by atoms with Crippen molar-refractivity contribution in [1.82, 2.24) is 5.32 Å². The number of ether oxygens (including phenoxy) is 1. The van der Waals surface area contributed by atoms with Crippen molar-refractivity contribution >= 4 is 17.8 Å². The van der Waals surface area contributed by atoms with E-state index in [0.29, 0.717) is 6.07 Å². The molecule has 25 heavy (non-hydrogen) atoms. The summed E-state index contributed by atoms with van der Waals surface area (Å²) in [7, 11) is 0. The summed E-state index contributed by atoms with van der Waals surface area (Å²) >= 11 is 0. The summed E-state index contributed by atoms with van der Waals surface area (Å²) in [6.45, 7) is 3.27. The number of nitrogens with two attached hydrogens (primary N) is 1. The number of esters is 1. The lowest BCUT2D eigenvalue weighted by Crippen LogP contribution is -2.49. The quantitative estimate of drug-likeness (QED) is 0.725. The fraction of sp³-hybridized carbons (Fsp3) is 0.438. The second-order valence-electron chi connectivity index (χ2n) is 5.42. The fourth-order valence-electron chi connectivity index (χ4n) is 2.16. The van der Waals surface area contributed by atoms with E-state index in [4.69, 9.17) is 10.5 Å². The minimum Gasteiger partial charge on any atom is -0.466 e. The molecule has 9 heteroatoms. The van der Waals surface area contributed by atoms with Crippen molar-refractivity contribution in [2.75, 3.05) is 6.61 Å². The van der Waals surface area contributed by atoms with Gasteiger partial charge in [-0.2, -0.15) is 13.2 Å². The van der Waals surface area contributed by atoms with Gasteiger partial charge in [-0.05, 0) is 31.0 Å². The van der Waals surface area contributed by atoms with E-state index in [1.807, 2.05) is 0 Å². The van der Waals surface area contributed by atoms with Crippen molar-refractivity contribution in [2.24, 2.45) is 11.7 Å². The Balaban J connectivity index is 2.90. The lowest BCUT2D eigenvalue weighted by atomic mass is 9.97. The zero-order valence-corrected chi connectivity index (χ0v) is 13.7. The van der Waals surface area contributed by atoms with Crippen LogP contribution in [0.1, 0.15) is 36.2 Å². The SMILES string of the molecule is CCOC(=O)C[C@H](C)[C@H](NC(=O)c1cccc(C(F)(F)F)c1)C(N)=O. The second kappa shape index (κ2) is 8.50. The summed E-state index contributed by atoms with van der Waals surface area (Å²) in [6, 6.07) is 2.53. The van der Waals surface area contributed by atoms with Gasteiger partial charge in [-0.15, -0.1) is 0 Å². The average molecular weight is 360 g/mol. The third-order valence-corrected chi connectivity index (χ3v) is 3.41. The monoisotopic (exact) mass is 360 g/mol. The van der Waals surface area contributed by atoms with Gasteiger partial charge in [-0.3, -0.25) is 14.4 Å². The first-order valence-corrected chi connectivity index (χ1v) is 7.49. The molecule has 2 amide bonds. The smallest absolute Gasteiger partial charge is 0.416 e. The predicted octanol–water partition coefficient (Wildman–Crippen LogP) is 1.88. The molecule has 6 nitrogen and oxygen atoms in total. The van der Waals surface area contributed by atoms with Crippen molar-refractivity contribution in [3.63, 3.8) is 0 Å². The number of nitrogens with one attached hydrogen (secondary N) is 1. The molecule has 0 heterocycles. The standard InChI is InChI=1S/C16H19F3N2O4/c1-3-25-12(22)7-9(2)13(14(20)23)21-15(24)10-5-4-6-11(8-10)16(17,18)19/h4-6,8-9,13H,3,7H2,1-2H3,(H2,20,23)(H,21,24)/t9-,13-/m0/s1. The summed E-state index contributed by atoms with van der Waals surface area (Å²) in [5.74, 6) is -3.07. The minimum atomic E-state index is -4.60. The van der Waals surface area contributed by atoms with Gasteiger partial charge in [-0.25, -0.2) is 0 Å². The van der Waals surface area contributed by atoms with Crippen LogP contribution < -0.4 is 11.1 Å². The van der Waals surface area contributed by atoms with Crippen molar-refractivity contribution in [3.05, 3.63) is 35.4 Å². The lowest BCUT2D eigenvalue weighted by Gasteiger charge is -2.22. The first kappa shape index (κ1) is 20.5. The number of alkyl halides is 3. The summed E-state index contributed by atoms with van der Waals surface area (Å²) in [6.07, 6.45) is -4.78. The molecule has 0 saturated carbocycles. The Morgan fingerprint density at radius 1 is 1.28 bits per heavy atom. The predicted molar refractivity (Wildman–Crippen MR) is 82.3 cm³/mol. The van der Waals surface area contributed by atoms with E-state index in [9.17, 15) is 27.6 Å². The molecule has 0 fully saturated rings. The number of primary amides is 1. The second-order valence-corrected chi connectivity index (χ2v) is 5.42. The van der Waals surface area contributed by atoms with Gasteiger partial charge in [0.25, 0.3) is 5.91 Å². The van der Waals surface area contributed by atoms with Crippen LogP contribution in [-0.4, -0.2) is 30.4 Å². The molecular weight excluding hydrogens is 341 g/mol. The Morgan fingerprint density at radius 2 is 1.92 bits per heavy atom. The summed E-state index contributed by atoms with van der Waals surface area (Å²) in [5, 5.41) is 2.27. The minimum absolute atomic E-state index is 0.156. The molecule has 0 unspecified atom stereocenters. The van der Waals surface area contributed by atoms with Crippen LogP contribution in [0.4, 0.5) is 13.2 Å². The number of carbonyl (C=O) groups excluding carboxylic acids is 3. The normalized spacial score (nSPS) is 13.6. The van der Waals surface area contributed by atoms with Gasteiger partial charge < -0.3 is 15.8 Å². The Hall–Kier alpha value is -2.58. The first-order valence-electron chi connectivity index (χ1n) is 7.49. The van der Waals surface area contributed by atoms with Crippen molar-refractivity contribution in [2.45, 2.75) is 32.5 Å². The Bertz CT molecular complexity index is 647. The topological polar surface area (TPSA) is 98.5 Å². The zero-order chi connectivity index (χ0) is 19.2. The van der Waals surface area contributed by atoms with Gasteiger partial charge in [0.15, 0.2) is 0 Å². The number of benzene rings is 1. The Kier molecular flexibility index (Phi) is 6.96. The highest BCUT2D eigenvalue weighted by Gasteiger charge is 2.32. The van der Waals surface area contributed by atoms with E-state index >= 15 is 0 Å². The highest BCUT2D eigenvalue weighted by molar-refractivity contribution is 5.97. The Labute approximate surface area is 142 Å². The highest BCUT2D eigenvalue weighted by atomic mass is 19.4. The van der Waals surface area contributed by atoms with Crippen LogP contribution in [0, 0.1) is 5.92 Å². The third-order valence-electron chi connectivity index (χ3n) is 3.41. The number of amides is 2. The van der Waals surface area contributed by atoms with E-state index in [1.165, 1.54) is 13.0 Å². The maximum Gasteiger partial charge on any atom is 0.416 e. The fourth-order valence-corrected chi connectivity index (χ4v) is 2.16. The molecule has 3 N–H and O–H groups in total. The van der Waals surface area contributed by atoms with Crippen molar-refractivity contribution < 1.29 is 32.3 Å². The van der Waals surface area contributed by atoms with Crippen LogP contribution >= 0.6 is 0 Å². The van der Waals surface area contributed by atoms with E-state index in [1.54, 1.807) is 6.92 Å². The van der Waals surface area contributed by atoms with Crippen LogP contribution in [-0.2, 0) is 20.5 Å². The number of halogens is 3. The molecule has 0 aliphatic rings. The Morgan fingerprint density at radius 3 is 2.44 bits per heavy atom. The van der Waals surface area contributed by atoms with Crippen LogP contribution in [0.5, 0.6) is 0 Å². The van der Waals surface area contributed by atoms with Gasteiger partial charge in [0, 0.05) is 5.56 Å². The average Bonchev–Trinajstić information content (AvgIpc) is 2.51. The molecule has 0 aliphatic heterocycles. The number of hydrogen-bond donors (Lipinski definition) is 2. The third kappa shape index (κ3) is 6.09. The highest BCUT2D eigenvalue weighted by Crippen LogP contribution is 2.29. The largest absolute Gasteiger partial charge is 0.466 e. The molecule has 138 valence electrons. The number of rotatable bonds is 7. The molecule has 0 spiro atoms. The molecule has 1 aromatic rings. The molecule has 2 atom stereocenters. The number of hydrogen-bond acceptors (Lipinski definition) is 4. The summed E-state index contributed by atoms with van der Waals surface area (Å²) < 4.78 is 42.9. The van der Waals surface area contributed by atoms with Crippen molar-refractivity contribution in [3.8, 4) is 0 Å². The molecule has 1 aromatic carbocycles. The van der Waals surface area contributed by atoms with Gasteiger partial charge in [-0.1, -0.05) is 13.0 Å². The summed E-state index contributed by atoms with van der Waals surface area (Å²) in [4.78, 5) is 35.2. The maximum absolute atomic E-state index is 12.7. The zero-order valence-electron chi connectivity index (χ0n) is 13.7. The van der Waals surface area contributed by atoms with Crippen molar-refractivity contribution in [1.29, 1.82) is 0 Å². The molecular formula is C16H19F3N2O4. The molecule has 0 aliphatic carbocycles. The maximum atomic E-state index is 12.7. The summed E-state index contributed by atoms with van der Waals surface area (Å²) in [5.41, 5.74) is 3.96. The van der Waals surface area contributed by atoms with Gasteiger partial charge in [0.05, 0.1) is 18.6 Å².